The average Bonchev–Trinajstić information content (AvgIpc) is 2.67. The van der Waals surface area contributed by atoms with Gasteiger partial charge in [0.05, 0.1) is 13.7 Å². The Labute approximate surface area is 156 Å². The van der Waals surface area contributed by atoms with E-state index in [0.29, 0.717) is 12.5 Å². The number of methoxy groups -OCH3 is 1. The highest BCUT2D eigenvalue weighted by molar-refractivity contribution is 5.87. The largest absolute Gasteiger partial charge is 0.497 e. The first kappa shape index (κ1) is 23.4. The van der Waals surface area contributed by atoms with Crippen molar-refractivity contribution in [2.45, 2.75) is 39.5 Å². The van der Waals surface area contributed by atoms with Crippen molar-refractivity contribution >= 4 is 18.0 Å². The van der Waals surface area contributed by atoms with Crippen molar-refractivity contribution < 1.29 is 19.1 Å². The van der Waals surface area contributed by atoms with Gasteiger partial charge in [0.25, 0.3) is 0 Å². The van der Waals surface area contributed by atoms with Gasteiger partial charge < -0.3 is 15.2 Å². The Morgan fingerprint density at radius 1 is 1.23 bits per heavy atom. The molecule has 0 spiro atoms. The second-order valence-electron chi connectivity index (χ2n) is 5.76. The van der Waals surface area contributed by atoms with Crippen LogP contribution in [0, 0.1) is 5.92 Å². The third kappa shape index (κ3) is 11.9. The number of hydrogen-bond donors (Lipinski definition) is 1. The summed E-state index contributed by atoms with van der Waals surface area (Å²) in [6.07, 6.45) is 8.85. The molecule has 1 aromatic rings. The first-order valence-electron chi connectivity index (χ1n) is 8.87. The van der Waals surface area contributed by atoms with Crippen molar-refractivity contribution in [3.05, 3.63) is 48.6 Å². The molecule has 0 heterocycles. The molecule has 0 saturated heterocycles. The molecule has 1 atom stereocenters. The van der Waals surface area contributed by atoms with Crippen molar-refractivity contribution in [2.75, 3.05) is 13.7 Å². The summed E-state index contributed by atoms with van der Waals surface area (Å²) >= 11 is 0. The van der Waals surface area contributed by atoms with Crippen LogP contribution < -0.4 is 10.5 Å². The number of carbonyl (C=O) groups excluding carboxylic acids is 2. The Balaban J connectivity index is 0.00000110. The Kier molecular flexibility index (Phi) is 13.3. The summed E-state index contributed by atoms with van der Waals surface area (Å²) in [7, 11) is 1.63. The third-order valence-corrected chi connectivity index (χ3v) is 3.73. The fourth-order valence-electron chi connectivity index (χ4n) is 2.03. The van der Waals surface area contributed by atoms with Gasteiger partial charge in [-0.3, -0.25) is 4.79 Å². The molecule has 1 amide bonds. The predicted molar refractivity (Wildman–Crippen MR) is 106 cm³/mol. The van der Waals surface area contributed by atoms with Crippen LogP contribution in [-0.4, -0.2) is 25.6 Å². The van der Waals surface area contributed by atoms with E-state index >= 15 is 0 Å². The lowest BCUT2D eigenvalue weighted by Gasteiger charge is -2.13. The summed E-state index contributed by atoms with van der Waals surface area (Å²) in [6.45, 7) is 7.92. The smallest absolute Gasteiger partial charge is 0.330 e. The van der Waals surface area contributed by atoms with Crippen molar-refractivity contribution in [2.24, 2.45) is 11.7 Å². The first-order chi connectivity index (χ1) is 12.5. The van der Waals surface area contributed by atoms with E-state index in [2.05, 4.69) is 26.2 Å². The van der Waals surface area contributed by atoms with Crippen molar-refractivity contribution in [1.82, 2.24) is 0 Å². The van der Waals surface area contributed by atoms with Crippen LogP contribution in [0.5, 0.6) is 5.75 Å². The summed E-state index contributed by atoms with van der Waals surface area (Å²) in [6, 6.07) is 7.53. The zero-order valence-corrected chi connectivity index (χ0v) is 16.1. The molecule has 0 aliphatic carbocycles. The molecular weight excluding hydrogens is 330 g/mol. The van der Waals surface area contributed by atoms with Gasteiger partial charge in [-0.15, -0.1) is 0 Å². The number of unbranched alkanes of at least 4 members (excludes halogenated alkanes) is 1. The van der Waals surface area contributed by atoms with Gasteiger partial charge in [0, 0.05) is 6.08 Å². The number of ether oxygens (including phenoxy) is 2. The van der Waals surface area contributed by atoms with E-state index < -0.39 is 5.91 Å². The van der Waals surface area contributed by atoms with E-state index in [1.165, 1.54) is 18.9 Å². The molecule has 0 aliphatic rings. The Morgan fingerprint density at radius 2 is 1.85 bits per heavy atom. The van der Waals surface area contributed by atoms with Gasteiger partial charge in [-0.2, -0.15) is 0 Å². The van der Waals surface area contributed by atoms with Crippen molar-refractivity contribution in [3.8, 4) is 5.75 Å². The lowest BCUT2D eigenvalue weighted by Crippen LogP contribution is -2.12. The number of benzene rings is 1. The van der Waals surface area contributed by atoms with Gasteiger partial charge in [-0.05, 0) is 42.2 Å². The third-order valence-electron chi connectivity index (χ3n) is 3.73. The maximum Gasteiger partial charge on any atom is 0.330 e. The molecule has 0 fully saturated rings. The minimum Gasteiger partial charge on any atom is -0.497 e. The van der Waals surface area contributed by atoms with Gasteiger partial charge >= 0.3 is 5.97 Å². The monoisotopic (exact) mass is 361 g/mol. The number of amides is 1. The van der Waals surface area contributed by atoms with Crippen LogP contribution in [0.4, 0.5) is 0 Å². The van der Waals surface area contributed by atoms with E-state index in [1.54, 1.807) is 13.2 Å². The van der Waals surface area contributed by atoms with Crippen molar-refractivity contribution in [3.63, 3.8) is 0 Å². The highest BCUT2D eigenvalue weighted by Gasteiger charge is 2.08. The Bertz CT molecular complexity index is 564. The molecule has 2 N–H and O–H groups in total. The molecule has 1 rings (SSSR count). The molecule has 0 radical (unpaired) electrons. The molecule has 0 aliphatic heterocycles. The van der Waals surface area contributed by atoms with Crippen LogP contribution >= 0.6 is 0 Å². The molecule has 0 aromatic heterocycles. The summed E-state index contributed by atoms with van der Waals surface area (Å²) in [4.78, 5) is 21.2. The van der Waals surface area contributed by atoms with Crippen LogP contribution in [0.1, 0.15) is 45.1 Å². The zero-order valence-electron chi connectivity index (χ0n) is 16.1. The molecule has 26 heavy (non-hydrogen) atoms. The first-order valence-corrected chi connectivity index (χ1v) is 8.87. The van der Waals surface area contributed by atoms with Crippen LogP contribution in [-0.2, 0) is 14.3 Å². The van der Waals surface area contributed by atoms with Crippen LogP contribution in [0.15, 0.2) is 43.0 Å². The van der Waals surface area contributed by atoms with E-state index in [-0.39, 0.29) is 5.97 Å². The number of nitrogens with two attached hydrogens (primary N) is 1. The number of primary amides is 1. The zero-order chi connectivity index (χ0) is 19.8. The molecule has 0 saturated carbocycles. The lowest BCUT2D eigenvalue weighted by molar-refractivity contribution is -0.139. The molecule has 1 aromatic carbocycles. The average molecular weight is 361 g/mol. The maximum absolute atomic E-state index is 11.7. The predicted octanol–water partition coefficient (Wildman–Crippen LogP) is 4.13. The number of carbonyl (C=O) groups is 2. The van der Waals surface area contributed by atoms with Crippen LogP contribution in [0.3, 0.4) is 0 Å². The van der Waals surface area contributed by atoms with Gasteiger partial charge in [-0.1, -0.05) is 51.8 Å². The Hall–Kier alpha value is -2.56. The van der Waals surface area contributed by atoms with E-state index in [1.807, 2.05) is 24.3 Å². The van der Waals surface area contributed by atoms with E-state index in [9.17, 15) is 9.59 Å². The second kappa shape index (κ2) is 14.8. The van der Waals surface area contributed by atoms with Crippen LogP contribution in [0.25, 0.3) is 6.08 Å². The summed E-state index contributed by atoms with van der Waals surface area (Å²) in [5, 5.41) is 0. The molecule has 1 unspecified atom stereocenters. The minimum atomic E-state index is -0.481. The highest BCUT2D eigenvalue weighted by Crippen LogP contribution is 2.14. The highest BCUT2D eigenvalue weighted by atomic mass is 16.5. The standard InChI is InChI=1S/C18H26O3.C3H5NO/c1-4-6-7-15(5-2)14-21-18(19)13-10-16-8-11-17(20-3)12-9-16;1-2-3(4)5/h8-13,15H,4-7,14H2,1-3H3;2H,1H2,(H2,4,5). The van der Waals surface area contributed by atoms with Gasteiger partial charge in [0.2, 0.25) is 5.91 Å². The van der Waals surface area contributed by atoms with E-state index in [4.69, 9.17) is 9.47 Å². The number of esters is 1. The summed E-state index contributed by atoms with van der Waals surface area (Å²) in [5.41, 5.74) is 5.48. The quantitative estimate of drug-likeness (QED) is 0.502. The fraction of sp³-hybridized carbons (Fsp3) is 0.429. The van der Waals surface area contributed by atoms with Gasteiger partial charge in [-0.25, -0.2) is 4.79 Å². The van der Waals surface area contributed by atoms with E-state index in [0.717, 1.165) is 30.2 Å². The summed E-state index contributed by atoms with van der Waals surface area (Å²) in [5.74, 6) is 0.519. The minimum absolute atomic E-state index is 0.277. The molecule has 5 heteroatoms. The molecule has 0 bridgehead atoms. The molecule has 5 nitrogen and oxygen atoms in total. The fourth-order valence-corrected chi connectivity index (χ4v) is 2.03. The van der Waals surface area contributed by atoms with Gasteiger partial charge in [0.15, 0.2) is 0 Å². The second-order valence-corrected chi connectivity index (χ2v) is 5.76. The SMILES string of the molecule is C=CC(N)=O.CCCCC(CC)COC(=O)C=Cc1ccc(OC)cc1. The Morgan fingerprint density at radius 3 is 2.31 bits per heavy atom. The molecular formula is C21H31NO4. The topological polar surface area (TPSA) is 78.6 Å². The van der Waals surface area contributed by atoms with Gasteiger partial charge in [0.1, 0.15) is 5.75 Å². The maximum atomic E-state index is 11.7. The normalized spacial score (nSPS) is 11.2. The lowest BCUT2D eigenvalue weighted by atomic mass is 10.0. The summed E-state index contributed by atoms with van der Waals surface area (Å²) < 4.78 is 10.4. The van der Waals surface area contributed by atoms with Crippen molar-refractivity contribution in [1.29, 1.82) is 0 Å². The number of hydrogen-bond acceptors (Lipinski definition) is 4. The molecule has 144 valence electrons. The number of rotatable bonds is 10. The van der Waals surface area contributed by atoms with Crippen LogP contribution in [0.2, 0.25) is 0 Å².